The van der Waals surface area contributed by atoms with Crippen LogP contribution in [-0.2, 0) is 7.05 Å². The van der Waals surface area contributed by atoms with Gasteiger partial charge in [-0.1, -0.05) is 0 Å². The average molecular weight is 200 g/mol. The molecule has 2 aromatic rings. The number of hydrogen-bond donors (Lipinski definition) is 0. The molecule has 0 saturated carbocycles. The van der Waals surface area contributed by atoms with Crippen molar-refractivity contribution in [1.29, 1.82) is 5.26 Å². The van der Waals surface area contributed by atoms with Gasteiger partial charge in [-0.3, -0.25) is 4.68 Å². The monoisotopic (exact) mass is 200 g/mol. The molecule has 0 spiro atoms. The van der Waals surface area contributed by atoms with E-state index in [2.05, 4.69) is 10.1 Å². The summed E-state index contributed by atoms with van der Waals surface area (Å²) in [6, 6.07) is 9.09. The van der Waals surface area contributed by atoms with Crippen LogP contribution >= 0.6 is 0 Å². The van der Waals surface area contributed by atoms with Gasteiger partial charge in [0.2, 0.25) is 0 Å². The third kappa shape index (κ3) is 2.11. The summed E-state index contributed by atoms with van der Waals surface area (Å²) in [7, 11) is 1.76. The van der Waals surface area contributed by atoms with Gasteiger partial charge in [-0.15, -0.1) is 5.10 Å². The van der Waals surface area contributed by atoms with Gasteiger partial charge < -0.3 is 4.74 Å². The van der Waals surface area contributed by atoms with E-state index in [0.717, 1.165) is 0 Å². The highest BCUT2D eigenvalue weighted by Gasteiger charge is 2.01. The molecule has 0 amide bonds. The van der Waals surface area contributed by atoms with Crippen LogP contribution in [0, 0.1) is 11.3 Å². The van der Waals surface area contributed by atoms with Crippen molar-refractivity contribution < 1.29 is 4.74 Å². The number of aromatic nitrogens is 3. The van der Waals surface area contributed by atoms with Gasteiger partial charge in [0.15, 0.2) is 0 Å². The van der Waals surface area contributed by atoms with Crippen molar-refractivity contribution in [2.45, 2.75) is 0 Å². The molecule has 15 heavy (non-hydrogen) atoms. The van der Waals surface area contributed by atoms with Crippen LogP contribution in [0.4, 0.5) is 0 Å². The summed E-state index contributed by atoms with van der Waals surface area (Å²) in [4.78, 5) is 3.92. The molecule has 0 N–H and O–H groups in total. The second-order valence-electron chi connectivity index (χ2n) is 2.94. The van der Waals surface area contributed by atoms with Gasteiger partial charge in [-0.2, -0.15) is 10.2 Å². The third-order valence-electron chi connectivity index (χ3n) is 1.77. The Kier molecular flexibility index (Phi) is 2.33. The Morgan fingerprint density at radius 2 is 2.07 bits per heavy atom. The summed E-state index contributed by atoms with van der Waals surface area (Å²) in [6.45, 7) is 0. The van der Waals surface area contributed by atoms with Crippen LogP contribution in [0.3, 0.4) is 0 Å². The molecule has 0 aliphatic heterocycles. The van der Waals surface area contributed by atoms with Crippen molar-refractivity contribution in [3.8, 4) is 17.8 Å². The molecule has 0 saturated heterocycles. The number of rotatable bonds is 2. The van der Waals surface area contributed by atoms with Crippen molar-refractivity contribution in [2.24, 2.45) is 7.05 Å². The zero-order valence-electron chi connectivity index (χ0n) is 8.08. The molecule has 5 nitrogen and oxygen atoms in total. The van der Waals surface area contributed by atoms with E-state index in [1.807, 2.05) is 6.07 Å². The van der Waals surface area contributed by atoms with E-state index in [1.54, 1.807) is 42.3 Å². The van der Waals surface area contributed by atoms with E-state index in [0.29, 0.717) is 17.3 Å². The van der Waals surface area contributed by atoms with Crippen LogP contribution < -0.4 is 4.74 Å². The second kappa shape index (κ2) is 3.80. The zero-order chi connectivity index (χ0) is 10.7. The first kappa shape index (κ1) is 9.21. The van der Waals surface area contributed by atoms with E-state index < -0.39 is 0 Å². The van der Waals surface area contributed by atoms with Crippen molar-refractivity contribution in [2.75, 3.05) is 0 Å². The van der Waals surface area contributed by atoms with E-state index in [9.17, 15) is 0 Å². The van der Waals surface area contributed by atoms with Crippen LogP contribution in [-0.4, -0.2) is 14.8 Å². The topological polar surface area (TPSA) is 63.7 Å². The SMILES string of the molecule is Cn1cnc(Oc2ccc(C#N)cc2)n1. The minimum absolute atomic E-state index is 0.294. The fourth-order valence-corrected chi connectivity index (χ4v) is 1.07. The highest BCUT2D eigenvalue weighted by atomic mass is 16.5. The smallest absolute Gasteiger partial charge is 0.340 e. The molecule has 0 aliphatic carbocycles. The molecule has 74 valence electrons. The van der Waals surface area contributed by atoms with Gasteiger partial charge in [0, 0.05) is 7.05 Å². The normalized spacial score (nSPS) is 9.60. The van der Waals surface area contributed by atoms with Crippen LogP contribution in [0.25, 0.3) is 0 Å². The molecule has 5 heteroatoms. The van der Waals surface area contributed by atoms with Crippen molar-refractivity contribution in [1.82, 2.24) is 14.8 Å². The first-order valence-corrected chi connectivity index (χ1v) is 4.31. The third-order valence-corrected chi connectivity index (χ3v) is 1.77. The summed E-state index contributed by atoms with van der Waals surface area (Å²) in [5.41, 5.74) is 0.594. The van der Waals surface area contributed by atoms with Gasteiger partial charge in [0.25, 0.3) is 0 Å². The molecule has 1 heterocycles. The fourth-order valence-electron chi connectivity index (χ4n) is 1.07. The molecule has 1 aromatic heterocycles. The Morgan fingerprint density at radius 1 is 1.33 bits per heavy atom. The van der Waals surface area contributed by atoms with E-state index in [-0.39, 0.29) is 0 Å². The molecule has 0 radical (unpaired) electrons. The lowest BCUT2D eigenvalue weighted by molar-refractivity contribution is 0.439. The minimum Gasteiger partial charge on any atom is -0.423 e. The molecule has 2 rings (SSSR count). The Labute approximate surface area is 86.6 Å². The lowest BCUT2D eigenvalue weighted by atomic mass is 10.2. The van der Waals surface area contributed by atoms with Crippen molar-refractivity contribution in [3.63, 3.8) is 0 Å². The average Bonchev–Trinajstić information content (AvgIpc) is 2.65. The highest BCUT2D eigenvalue weighted by Crippen LogP contribution is 2.17. The number of nitriles is 1. The maximum Gasteiger partial charge on any atom is 0.340 e. The fraction of sp³-hybridized carbons (Fsp3) is 0.100. The number of aryl methyl sites for hydroxylation is 1. The van der Waals surface area contributed by atoms with Crippen LogP contribution in [0.15, 0.2) is 30.6 Å². The second-order valence-corrected chi connectivity index (χ2v) is 2.94. The van der Waals surface area contributed by atoms with Crippen LogP contribution in [0.1, 0.15) is 5.56 Å². The van der Waals surface area contributed by atoms with Gasteiger partial charge in [-0.05, 0) is 24.3 Å². The molecule has 0 unspecified atom stereocenters. The Morgan fingerprint density at radius 3 is 2.60 bits per heavy atom. The van der Waals surface area contributed by atoms with Gasteiger partial charge in [-0.25, -0.2) is 0 Å². The molecular formula is C10H8N4O. The maximum absolute atomic E-state index is 8.60. The minimum atomic E-state index is 0.294. The van der Waals surface area contributed by atoms with Crippen LogP contribution in [0.5, 0.6) is 11.8 Å². The lowest BCUT2D eigenvalue weighted by Gasteiger charge is -1.99. The maximum atomic E-state index is 8.60. The highest BCUT2D eigenvalue weighted by molar-refractivity contribution is 5.35. The summed E-state index contributed by atoms with van der Waals surface area (Å²) in [6.07, 6.45) is 1.55. The predicted octanol–water partition coefficient (Wildman–Crippen LogP) is 1.48. The molecule has 1 aromatic carbocycles. The Hall–Kier alpha value is -2.35. The lowest BCUT2D eigenvalue weighted by Crippen LogP contribution is -1.89. The number of hydrogen-bond acceptors (Lipinski definition) is 4. The molecular weight excluding hydrogens is 192 g/mol. The molecule has 0 fully saturated rings. The first-order chi connectivity index (χ1) is 7.28. The van der Waals surface area contributed by atoms with Gasteiger partial charge >= 0.3 is 6.01 Å². The van der Waals surface area contributed by atoms with Gasteiger partial charge in [0.05, 0.1) is 11.6 Å². The summed E-state index contributed by atoms with van der Waals surface area (Å²) >= 11 is 0. The predicted molar refractivity (Wildman–Crippen MR) is 52.2 cm³/mol. The van der Waals surface area contributed by atoms with E-state index in [1.165, 1.54) is 0 Å². The summed E-state index contributed by atoms with van der Waals surface area (Å²) in [5.74, 6) is 0.611. The molecule has 0 atom stereocenters. The first-order valence-electron chi connectivity index (χ1n) is 4.31. The van der Waals surface area contributed by atoms with E-state index >= 15 is 0 Å². The van der Waals surface area contributed by atoms with Crippen molar-refractivity contribution in [3.05, 3.63) is 36.2 Å². The standard InChI is InChI=1S/C10H8N4O/c1-14-7-12-10(13-14)15-9-4-2-8(6-11)3-5-9/h2-5,7H,1H3. The van der Waals surface area contributed by atoms with Crippen molar-refractivity contribution >= 4 is 0 Å². The molecule has 0 aliphatic rings. The number of nitrogens with zero attached hydrogens (tertiary/aromatic N) is 4. The largest absolute Gasteiger partial charge is 0.423 e. The molecule has 0 bridgehead atoms. The number of ether oxygens (including phenoxy) is 1. The Balaban J connectivity index is 2.15. The summed E-state index contributed by atoms with van der Waals surface area (Å²) in [5, 5.41) is 12.6. The number of benzene rings is 1. The quantitative estimate of drug-likeness (QED) is 0.736. The zero-order valence-corrected chi connectivity index (χ0v) is 8.08. The van der Waals surface area contributed by atoms with E-state index in [4.69, 9.17) is 10.00 Å². The Bertz CT molecular complexity index is 495. The van der Waals surface area contributed by atoms with Crippen LogP contribution in [0.2, 0.25) is 0 Å². The summed E-state index contributed by atoms with van der Waals surface area (Å²) < 4.78 is 6.90. The van der Waals surface area contributed by atoms with Gasteiger partial charge in [0.1, 0.15) is 12.1 Å².